The van der Waals surface area contributed by atoms with Crippen LogP contribution >= 0.6 is 0 Å². The van der Waals surface area contributed by atoms with E-state index in [2.05, 4.69) is 27.8 Å². The van der Waals surface area contributed by atoms with Crippen LogP contribution in [0.3, 0.4) is 0 Å². The van der Waals surface area contributed by atoms with Gasteiger partial charge in [0.25, 0.3) is 0 Å². The molecule has 2 atom stereocenters. The highest BCUT2D eigenvalue weighted by Gasteiger charge is 2.36. The van der Waals surface area contributed by atoms with Crippen LogP contribution in [0.15, 0.2) is 0 Å². The van der Waals surface area contributed by atoms with Gasteiger partial charge in [-0.25, -0.2) is 8.42 Å². The molecule has 0 amide bonds. The lowest BCUT2D eigenvalue weighted by atomic mass is 9.94. The molecule has 0 aliphatic carbocycles. The summed E-state index contributed by atoms with van der Waals surface area (Å²) in [5.41, 5.74) is 0. The quantitative estimate of drug-likeness (QED) is 0.435. The summed E-state index contributed by atoms with van der Waals surface area (Å²) < 4.78 is 34.1. The fourth-order valence-electron chi connectivity index (χ4n) is 2.36. The highest BCUT2D eigenvalue weighted by molar-refractivity contribution is 7.79. The second kappa shape index (κ2) is 5.95. The molecule has 1 fully saturated rings. The minimum atomic E-state index is -4.92. The van der Waals surface area contributed by atoms with Gasteiger partial charge in [-0.3, -0.25) is 4.55 Å². The molecule has 0 aromatic heterocycles. The Morgan fingerprint density at radius 3 is 1.81 bits per heavy atom. The van der Waals surface area contributed by atoms with Crippen molar-refractivity contribution in [3.05, 3.63) is 0 Å². The Bertz CT molecular complexity index is 284. The van der Waals surface area contributed by atoms with Crippen LogP contribution in [-0.4, -0.2) is 47.7 Å². The van der Waals surface area contributed by atoms with Crippen molar-refractivity contribution in [3.63, 3.8) is 0 Å². The second-order valence-electron chi connectivity index (χ2n) is 4.72. The Labute approximate surface area is 98.6 Å². The molecule has 1 aliphatic rings. The molecule has 1 saturated heterocycles. The van der Waals surface area contributed by atoms with Gasteiger partial charge in [-0.05, 0) is 40.0 Å². The minimum Gasteiger partial charge on any atom is -0.726 e. The molecule has 0 radical (unpaired) electrons. The SMILES string of the molecule is CC[N+]1(C)C(C)CCCC1C.O=S(=O)([O-])O. The molecule has 0 bridgehead atoms. The summed E-state index contributed by atoms with van der Waals surface area (Å²) in [4.78, 5) is 0. The average molecular weight is 253 g/mol. The Morgan fingerprint density at radius 1 is 1.31 bits per heavy atom. The first-order valence-corrected chi connectivity index (χ1v) is 7.01. The van der Waals surface area contributed by atoms with Gasteiger partial charge in [0.2, 0.25) is 10.4 Å². The molecule has 2 unspecified atom stereocenters. The zero-order chi connectivity index (χ0) is 13.0. The van der Waals surface area contributed by atoms with E-state index in [1.807, 2.05) is 0 Å². The normalized spacial score (nSPS) is 35.1. The van der Waals surface area contributed by atoms with Crippen LogP contribution in [0.1, 0.15) is 40.0 Å². The van der Waals surface area contributed by atoms with E-state index in [9.17, 15) is 0 Å². The predicted molar refractivity (Wildman–Crippen MR) is 61.8 cm³/mol. The van der Waals surface area contributed by atoms with E-state index in [1.165, 1.54) is 30.3 Å². The first-order chi connectivity index (χ1) is 7.11. The summed E-state index contributed by atoms with van der Waals surface area (Å²) in [6.07, 6.45) is 4.29. The number of hydrogen-bond donors (Lipinski definition) is 1. The molecule has 98 valence electrons. The smallest absolute Gasteiger partial charge is 0.215 e. The number of quaternary nitrogens is 1. The van der Waals surface area contributed by atoms with E-state index < -0.39 is 10.4 Å². The third kappa shape index (κ3) is 5.25. The second-order valence-corrected chi connectivity index (χ2v) is 5.58. The van der Waals surface area contributed by atoms with Crippen LogP contribution in [0.25, 0.3) is 0 Å². The van der Waals surface area contributed by atoms with Crippen molar-refractivity contribution in [1.82, 2.24) is 0 Å². The zero-order valence-electron chi connectivity index (χ0n) is 10.5. The molecule has 1 aliphatic heterocycles. The summed E-state index contributed by atoms with van der Waals surface area (Å²) in [5, 5.41) is 0. The zero-order valence-corrected chi connectivity index (χ0v) is 11.3. The lowest BCUT2D eigenvalue weighted by molar-refractivity contribution is -0.956. The van der Waals surface area contributed by atoms with Gasteiger partial charge in [-0.2, -0.15) is 0 Å². The van der Waals surface area contributed by atoms with Crippen LogP contribution in [-0.2, 0) is 10.4 Å². The van der Waals surface area contributed by atoms with Crippen molar-refractivity contribution in [1.29, 1.82) is 0 Å². The highest BCUT2D eigenvalue weighted by Crippen LogP contribution is 2.28. The molecule has 1 heterocycles. The van der Waals surface area contributed by atoms with E-state index in [0.717, 1.165) is 12.1 Å². The fraction of sp³-hybridized carbons (Fsp3) is 1.00. The van der Waals surface area contributed by atoms with E-state index in [1.54, 1.807) is 0 Å². The van der Waals surface area contributed by atoms with Crippen LogP contribution in [0.4, 0.5) is 0 Å². The van der Waals surface area contributed by atoms with Crippen LogP contribution < -0.4 is 0 Å². The van der Waals surface area contributed by atoms with E-state index in [4.69, 9.17) is 17.5 Å². The number of hydrogen-bond acceptors (Lipinski definition) is 3. The van der Waals surface area contributed by atoms with Crippen molar-refractivity contribution in [3.8, 4) is 0 Å². The fourth-order valence-corrected chi connectivity index (χ4v) is 2.36. The molecule has 0 spiro atoms. The Balaban J connectivity index is 0.000000385. The van der Waals surface area contributed by atoms with Crippen molar-refractivity contribution < 1.29 is 22.0 Å². The largest absolute Gasteiger partial charge is 0.726 e. The molecule has 0 saturated carbocycles. The van der Waals surface area contributed by atoms with Crippen molar-refractivity contribution in [2.45, 2.75) is 52.1 Å². The lowest BCUT2D eigenvalue weighted by Gasteiger charge is -2.47. The molecule has 1 rings (SSSR count). The maximum absolute atomic E-state index is 8.63. The summed E-state index contributed by atoms with van der Waals surface area (Å²) in [5.74, 6) is 0. The first-order valence-electron chi connectivity index (χ1n) is 5.64. The monoisotopic (exact) mass is 253 g/mol. The standard InChI is InChI=1S/C10H22N.H2O4S/c1-5-11(4)9(2)7-6-8-10(11)3;1-5(2,3)4/h9-10H,5-8H2,1-4H3;(H2,1,2,3,4)/q+1;/p-1. The van der Waals surface area contributed by atoms with Crippen molar-refractivity contribution >= 4 is 10.4 Å². The molecular formula is C10H23NO4S. The molecular weight excluding hydrogens is 230 g/mol. The molecule has 16 heavy (non-hydrogen) atoms. The van der Waals surface area contributed by atoms with E-state index in [-0.39, 0.29) is 0 Å². The topological polar surface area (TPSA) is 77.4 Å². The van der Waals surface area contributed by atoms with Gasteiger partial charge in [-0.1, -0.05) is 0 Å². The van der Waals surface area contributed by atoms with Crippen LogP contribution in [0.5, 0.6) is 0 Å². The molecule has 0 aromatic carbocycles. The summed E-state index contributed by atoms with van der Waals surface area (Å²) in [6, 6.07) is 1.76. The molecule has 0 aromatic rings. The number of likely N-dealkylation sites (tertiary alicyclic amines) is 1. The van der Waals surface area contributed by atoms with Gasteiger partial charge in [0, 0.05) is 0 Å². The third-order valence-corrected chi connectivity index (χ3v) is 3.94. The lowest BCUT2D eigenvalue weighted by Crippen LogP contribution is -2.58. The Kier molecular flexibility index (Phi) is 5.89. The van der Waals surface area contributed by atoms with E-state index >= 15 is 0 Å². The Hall–Kier alpha value is -0.170. The van der Waals surface area contributed by atoms with Crippen LogP contribution in [0, 0.1) is 0 Å². The van der Waals surface area contributed by atoms with Crippen LogP contribution in [0.2, 0.25) is 0 Å². The Morgan fingerprint density at radius 2 is 1.62 bits per heavy atom. The first kappa shape index (κ1) is 15.8. The maximum Gasteiger partial charge on any atom is 0.215 e. The van der Waals surface area contributed by atoms with E-state index in [0.29, 0.717) is 0 Å². The number of piperidine rings is 1. The number of nitrogens with zero attached hydrogens (tertiary/aromatic N) is 1. The number of rotatable bonds is 1. The summed E-state index contributed by atoms with van der Waals surface area (Å²) in [6.45, 7) is 8.42. The van der Waals surface area contributed by atoms with Gasteiger partial charge in [0.1, 0.15) is 0 Å². The molecule has 1 N–H and O–H groups in total. The van der Waals surface area contributed by atoms with Gasteiger partial charge < -0.3 is 9.04 Å². The van der Waals surface area contributed by atoms with Crippen molar-refractivity contribution in [2.75, 3.05) is 13.6 Å². The van der Waals surface area contributed by atoms with Gasteiger partial charge in [0.05, 0.1) is 25.7 Å². The maximum atomic E-state index is 8.63. The highest BCUT2D eigenvalue weighted by atomic mass is 32.3. The summed E-state index contributed by atoms with van der Waals surface area (Å²) in [7, 11) is -2.51. The van der Waals surface area contributed by atoms with Gasteiger partial charge >= 0.3 is 0 Å². The third-order valence-electron chi connectivity index (χ3n) is 3.94. The molecule has 5 nitrogen and oxygen atoms in total. The predicted octanol–water partition coefficient (Wildman–Crippen LogP) is 1.42. The minimum absolute atomic E-state index is 0.878. The molecule has 6 heteroatoms. The van der Waals surface area contributed by atoms with Gasteiger partial charge in [-0.15, -0.1) is 0 Å². The van der Waals surface area contributed by atoms with Gasteiger partial charge in [0.15, 0.2) is 0 Å². The average Bonchev–Trinajstić information content (AvgIpc) is 2.11. The summed E-state index contributed by atoms with van der Waals surface area (Å²) >= 11 is 0. The van der Waals surface area contributed by atoms with Crippen molar-refractivity contribution in [2.24, 2.45) is 0 Å².